The van der Waals surface area contributed by atoms with Gasteiger partial charge >= 0.3 is 0 Å². The van der Waals surface area contributed by atoms with Gasteiger partial charge in [0.25, 0.3) is 11.5 Å². The molecule has 1 aromatic rings. The zero-order valence-corrected chi connectivity index (χ0v) is 10.0. The van der Waals surface area contributed by atoms with Crippen LogP contribution in [-0.2, 0) is 25.7 Å². The normalized spacial score (nSPS) is 25.5. The molecule has 2 heterocycles. The Morgan fingerprint density at radius 1 is 1.16 bits per heavy atom. The van der Waals surface area contributed by atoms with Crippen molar-refractivity contribution in [3.63, 3.8) is 0 Å². The molecular formula is C14H11NO4. The number of nitrogens with zero attached hydrogens (tertiary/aromatic N) is 1. The molecule has 0 aromatic heterocycles. The van der Waals surface area contributed by atoms with E-state index < -0.39 is 17.3 Å². The summed E-state index contributed by atoms with van der Waals surface area (Å²) in [5, 5.41) is 0. The Labute approximate surface area is 109 Å². The fourth-order valence-electron chi connectivity index (χ4n) is 2.33. The first-order valence-electron chi connectivity index (χ1n) is 5.91. The van der Waals surface area contributed by atoms with Crippen molar-refractivity contribution in [2.24, 2.45) is 0 Å². The van der Waals surface area contributed by atoms with Crippen molar-refractivity contribution in [3.8, 4) is 0 Å². The predicted molar refractivity (Wildman–Crippen MR) is 64.6 cm³/mol. The molecule has 19 heavy (non-hydrogen) atoms. The Kier molecular flexibility index (Phi) is 2.48. The van der Waals surface area contributed by atoms with E-state index in [0.29, 0.717) is 0 Å². The van der Waals surface area contributed by atoms with Gasteiger partial charge < -0.3 is 4.74 Å². The maximum absolute atomic E-state index is 12.3. The molecule has 0 N–H and O–H groups in total. The molecule has 0 radical (unpaired) electrons. The summed E-state index contributed by atoms with van der Waals surface area (Å²) in [5.41, 5.74) is -0.800. The summed E-state index contributed by atoms with van der Waals surface area (Å²) in [7, 11) is 0. The van der Waals surface area contributed by atoms with Gasteiger partial charge in [-0.05, 0) is 5.56 Å². The third-order valence-electron chi connectivity index (χ3n) is 3.36. The third-order valence-corrected chi connectivity index (χ3v) is 3.36. The Bertz CT molecular complexity index is 593. The highest BCUT2D eigenvalue weighted by atomic mass is 16.5. The van der Waals surface area contributed by atoms with Crippen LogP contribution < -0.4 is 0 Å². The molecule has 1 saturated heterocycles. The summed E-state index contributed by atoms with van der Waals surface area (Å²) in [5.74, 6) is -1.41. The number of likely N-dealkylation sites (tertiary alicyclic amines) is 1. The number of benzene rings is 1. The fourth-order valence-corrected chi connectivity index (χ4v) is 2.33. The molecule has 3 rings (SSSR count). The summed E-state index contributed by atoms with van der Waals surface area (Å²) in [6.07, 6.45) is 2.15. The topological polar surface area (TPSA) is 63.7 Å². The first-order valence-corrected chi connectivity index (χ1v) is 5.91. The van der Waals surface area contributed by atoms with E-state index in [-0.39, 0.29) is 18.9 Å². The van der Waals surface area contributed by atoms with Gasteiger partial charge in [0.2, 0.25) is 11.7 Å². The molecule has 0 unspecified atom stereocenters. The molecule has 2 aliphatic rings. The lowest BCUT2D eigenvalue weighted by Crippen LogP contribution is -2.45. The van der Waals surface area contributed by atoms with Crippen LogP contribution in [0.3, 0.4) is 0 Å². The van der Waals surface area contributed by atoms with Crippen LogP contribution in [0.2, 0.25) is 0 Å². The zero-order chi connectivity index (χ0) is 13.5. The highest BCUT2D eigenvalue weighted by Gasteiger charge is 2.59. The van der Waals surface area contributed by atoms with Crippen molar-refractivity contribution in [2.45, 2.75) is 18.6 Å². The number of carbonyl (C=O) groups excluding carboxylic acids is 3. The smallest absolute Gasteiger partial charge is 0.282 e. The molecule has 1 fully saturated rings. The molecule has 1 aromatic carbocycles. The largest absolute Gasteiger partial charge is 0.476 e. The van der Waals surface area contributed by atoms with Gasteiger partial charge in [-0.3, -0.25) is 19.3 Å². The van der Waals surface area contributed by atoms with E-state index in [4.69, 9.17) is 4.74 Å². The van der Waals surface area contributed by atoms with E-state index >= 15 is 0 Å². The second-order valence-corrected chi connectivity index (χ2v) is 4.56. The number of hydrogen-bond donors (Lipinski definition) is 0. The highest BCUT2D eigenvalue weighted by molar-refractivity contribution is 6.24. The highest BCUT2D eigenvalue weighted by Crippen LogP contribution is 2.33. The van der Waals surface area contributed by atoms with Gasteiger partial charge in [0.05, 0.1) is 19.2 Å². The Hall–Kier alpha value is -2.43. The Morgan fingerprint density at radius 3 is 2.53 bits per heavy atom. The van der Waals surface area contributed by atoms with Gasteiger partial charge in [0.1, 0.15) is 0 Å². The van der Waals surface area contributed by atoms with E-state index in [1.807, 2.05) is 30.3 Å². The lowest BCUT2D eigenvalue weighted by molar-refractivity contribution is -0.150. The van der Waals surface area contributed by atoms with Crippen LogP contribution in [-0.4, -0.2) is 28.1 Å². The van der Waals surface area contributed by atoms with Gasteiger partial charge in [0, 0.05) is 6.08 Å². The van der Waals surface area contributed by atoms with Crippen molar-refractivity contribution < 1.29 is 19.1 Å². The molecule has 0 bridgehead atoms. The number of imide groups is 1. The van der Waals surface area contributed by atoms with E-state index in [9.17, 15) is 14.4 Å². The molecule has 2 aliphatic heterocycles. The summed E-state index contributed by atoms with van der Waals surface area (Å²) in [6, 6.07) is 9.15. The van der Waals surface area contributed by atoms with Crippen LogP contribution >= 0.6 is 0 Å². The minimum Gasteiger partial charge on any atom is -0.476 e. The average molecular weight is 257 g/mol. The van der Waals surface area contributed by atoms with Crippen LogP contribution in [0, 0.1) is 0 Å². The Balaban J connectivity index is 1.86. The SMILES string of the molecule is O=C1C[C@]2(OC=CC2=O)C(=O)N1Cc1ccccc1. The fraction of sp³-hybridized carbons (Fsp3) is 0.214. The van der Waals surface area contributed by atoms with Crippen molar-refractivity contribution in [2.75, 3.05) is 0 Å². The van der Waals surface area contributed by atoms with Crippen molar-refractivity contribution in [1.29, 1.82) is 0 Å². The number of amides is 2. The van der Waals surface area contributed by atoms with Gasteiger partial charge in [-0.15, -0.1) is 0 Å². The molecule has 0 aliphatic carbocycles. The molecule has 2 amide bonds. The quantitative estimate of drug-likeness (QED) is 0.580. The molecular weight excluding hydrogens is 246 g/mol. The summed E-state index contributed by atoms with van der Waals surface area (Å²) in [6.45, 7) is 0.164. The van der Waals surface area contributed by atoms with E-state index in [0.717, 1.165) is 10.5 Å². The number of ketones is 1. The van der Waals surface area contributed by atoms with Gasteiger partial charge in [0.15, 0.2) is 0 Å². The van der Waals surface area contributed by atoms with Crippen molar-refractivity contribution in [3.05, 3.63) is 48.2 Å². The third kappa shape index (κ3) is 1.66. The monoisotopic (exact) mass is 257 g/mol. The summed E-state index contributed by atoms with van der Waals surface area (Å²) < 4.78 is 5.12. The predicted octanol–water partition coefficient (Wildman–Crippen LogP) is 0.797. The minimum absolute atomic E-state index is 0.164. The lowest BCUT2D eigenvalue weighted by atomic mass is 9.98. The molecule has 0 saturated carbocycles. The molecule has 5 heteroatoms. The molecule has 5 nitrogen and oxygen atoms in total. The van der Waals surface area contributed by atoms with Crippen LogP contribution in [0.15, 0.2) is 42.7 Å². The van der Waals surface area contributed by atoms with Crippen LogP contribution in [0.1, 0.15) is 12.0 Å². The van der Waals surface area contributed by atoms with Crippen LogP contribution in [0.5, 0.6) is 0 Å². The van der Waals surface area contributed by atoms with Crippen LogP contribution in [0.4, 0.5) is 0 Å². The average Bonchev–Trinajstić information content (AvgIpc) is 2.88. The van der Waals surface area contributed by atoms with Crippen molar-refractivity contribution >= 4 is 17.6 Å². The number of rotatable bonds is 2. The van der Waals surface area contributed by atoms with E-state index in [1.54, 1.807) is 0 Å². The van der Waals surface area contributed by atoms with Gasteiger partial charge in [-0.2, -0.15) is 0 Å². The van der Waals surface area contributed by atoms with Crippen LogP contribution in [0.25, 0.3) is 0 Å². The molecule has 1 atom stereocenters. The second-order valence-electron chi connectivity index (χ2n) is 4.56. The Morgan fingerprint density at radius 2 is 1.89 bits per heavy atom. The number of hydrogen-bond acceptors (Lipinski definition) is 4. The molecule has 96 valence electrons. The maximum Gasteiger partial charge on any atom is 0.282 e. The number of carbonyl (C=O) groups is 3. The molecule has 1 spiro atoms. The summed E-state index contributed by atoms with van der Waals surface area (Å²) in [4.78, 5) is 37.0. The second kappa shape index (κ2) is 4.05. The zero-order valence-electron chi connectivity index (χ0n) is 10.0. The van der Waals surface area contributed by atoms with Crippen molar-refractivity contribution in [1.82, 2.24) is 4.90 Å². The van der Waals surface area contributed by atoms with Gasteiger partial charge in [-0.25, -0.2) is 0 Å². The van der Waals surface area contributed by atoms with E-state index in [2.05, 4.69) is 0 Å². The first kappa shape index (κ1) is 11.6. The maximum atomic E-state index is 12.3. The minimum atomic E-state index is -1.63. The standard InChI is InChI=1S/C14H11NO4/c16-11-6-7-19-14(11)8-12(17)15(13(14)18)9-10-4-2-1-3-5-10/h1-7H,8-9H2/t14-/m1/s1. The number of ether oxygens (including phenoxy) is 1. The van der Waals surface area contributed by atoms with E-state index in [1.165, 1.54) is 12.3 Å². The summed E-state index contributed by atoms with van der Waals surface area (Å²) >= 11 is 0. The first-order chi connectivity index (χ1) is 9.13. The lowest BCUT2D eigenvalue weighted by Gasteiger charge is -2.19. The van der Waals surface area contributed by atoms with Gasteiger partial charge in [-0.1, -0.05) is 30.3 Å².